The van der Waals surface area contributed by atoms with Gasteiger partial charge in [0, 0.05) is 25.8 Å². The SMILES string of the molecule is COCCn1c(=O)n(C)c(=O)c2ccc(C3CCC(CN)CC3)nc21.Cl. The van der Waals surface area contributed by atoms with Crippen molar-refractivity contribution in [3.8, 4) is 0 Å². The number of hydrogen-bond donors (Lipinski definition) is 1. The Hall–Kier alpha value is -1.70. The predicted octanol–water partition coefficient (Wildman–Crippen LogP) is 1.40. The van der Waals surface area contributed by atoms with Gasteiger partial charge >= 0.3 is 5.69 Å². The van der Waals surface area contributed by atoms with Gasteiger partial charge < -0.3 is 10.5 Å². The second kappa shape index (κ2) is 8.79. The molecule has 0 unspecified atom stereocenters. The third-order valence-corrected chi connectivity index (χ3v) is 5.32. The molecular weight excluding hydrogens is 356 g/mol. The largest absolute Gasteiger partial charge is 0.383 e. The number of rotatable bonds is 5. The quantitative estimate of drug-likeness (QED) is 0.843. The van der Waals surface area contributed by atoms with Gasteiger partial charge in [0.1, 0.15) is 5.65 Å². The lowest BCUT2D eigenvalue weighted by atomic mass is 9.80. The van der Waals surface area contributed by atoms with Crippen molar-refractivity contribution in [1.29, 1.82) is 0 Å². The molecular formula is C18H27ClN4O3. The number of aromatic nitrogens is 3. The fourth-order valence-corrected chi connectivity index (χ4v) is 3.68. The molecule has 0 amide bonds. The molecule has 0 bridgehead atoms. The van der Waals surface area contributed by atoms with E-state index in [2.05, 4.69) is 0 Å². The number of pyridine rings is 1. The van der Waals surface area contributed by atoms with E-state index in [-0.39, 0.29) is 23.7 Å². The number of hydrogen-bond acceptors (Lipinski definition) is 5. The average molecular weight is 383 g/mol. The first-order chi connectivity index (χ1) is 12.1. The Morgan fingerprint density at radius 3 is 2.54 bits per heavy atom. The highest BCUT2D eigenvalue weighted by molar-refractivity contribution is 5.85. The van der Waals surface area contributed by atoms with Crippen molar-refractivity contribution in [3.63, 3.8) is 0 Å². The first kappa shape index (κ1) is 20.6. The summed E-state index contributed by atoms with van der Waals surface area (Å²) in [6.45, 7) is 1.50. The van der Waals surface area contributed by atoms with Crippen LogP contribution in [0, 0.1) is 5.92 Å². The summed E-state index contributed by atoms with van der Waals surface area (Å²) in [4.78, 5) is 29.6. The summed E-state index contributed by atoms with van der Waals surface area (Å²) in [5.41, 5.74) is 6.53. The van der Waals surface area contributed by atoms with Crippen LogP contribution in [-0.2, 0) is 18.3 Å². The molecule has 1 fully saturated rings. The number of nitrogens with zero attached hydrogens (tertiary/aromatic N) is 3. The molecule has 0 atom stereocenters. The Morgan fingerprint density at radius 2 is 1.92 bits per heavy atom. The zero-order chi connectivity index (χ0) is 18.0. The van der Waals surface area contributed by atoms with Gasteiger partial charge in [-0.25, -0.2) is 9.78 Å². The third-order valence-electron chi connectivity index (χ3n) is 5.32. The van der Waals surface area contributed by atoms with Crippen molar-refractivity contribution >= 4 is 23.4 Å². The van der Waals surface area contributed by atoms with E-state index < -0.39 is 0 Å². The van der Waals surface area contributed by atoms with E-state index in [0.717, 1.165) is 42.5 Å². The molecule has 144 valence electrons. The zero-order valence-corrected chi connectivity index (χ0v) is 16.1. The fraction of sp³-hybridized carbons (Fsp3) is 0.611. The van der Waals surface area contributed by atoms with Crippen molar-refractivity contribution in [2.45, 2.75) is 38.1 Å². The Morgan fingerprint density at radius 1 is 1.23 bits per heavy atom. The van der Waals surface area contributed by atoms with Crippen molar-refractivity contribution in [3.05, 3.63) is 38.7 Å². The molecule has 0 spiro atoms. The molecule has 1 aliphatic rings. The van der Waals surface area contributed by atoms with Gasteiger partial charge in [-0.1, -0.05) is 0 Å². The van der Waals surface area contributed by atoms with Gasteiger partial charge in [-0.05, 0) is 50.3 Å². The van der Waals surface area contributed by atoms with Crippen LogP contribution in [0.3, 0.4) is 0 Å². The van der Waals surface area contributed by atoms with Crippen LogP contribution < -0.4 is 17.0 Å². The smallest absolute Gasteiger partial charge is 0.332 e. The minimum atomic E-state index is -0.356. The molecule has 1 aliphatic carbocycles. The second-order valence-corrected chi connectivity index (χ2v) is 6.85. The van der Waals surface area contributed by atoms with Gasteiger partial charge in [-0.3, -0.25) is 13.9 Å². The van der Waals surface area contributed by atoms with E-state index in [9.17, 15) is 9.59 Å². The van der Waals surface area contributed by atoms with Crippen LogP contribution in [0.15, 0.2) is 21.7 Å². The molecule has 2 N–H and O–H groups in total. The Kier molecular flexibility index (Phi) is 6.97. The predicted molar refractivity (Wildman–Crippen MR) is 104 cm³/mol. The van der Waals surface area contributed by atoms with E-state index >= 15 is 0 Å². The summed E-state index contributed by atoms with van der Waals surface area (Å²) in [6.07, 6.45) is 4.31. The topological polar surface area (TPSA) is 92.1 Å². The van der Waals surface area contributed by atoms with Crippen molar-refractivity contribution < 1.29 is 4.74 Å². The molecule has 0 saturated heterocycles. The standard InChI is InChI=1S/C18H26N4O3.ClH/c1-21-17(23)14-7-8-15(13-5-3-12(11-19)4-6-13)20-16(14)22(18(21)24)9-10-25-2;/h7-8,12-13H,3-6,9-11,19H2,1-2H3;1H. The average Bonchev–Trinajstić information content (AvgIpc) is 2.66. The van der Waals surface area contributed by atoms with Crippen LogP contribution in [0.25, 0.3) is 11.0 Å². The molecule has 0 aliphatic heterocycles. The van der Waals surface area contributed by atoms with Gasteiger partial charge in [0.2, 0.25) is 0 Å². The van der Waals surface area contributed by atoms with Crippen LogP contribution in [-0.4, -0.2) is 34.4 Å². The first-order valence-corrected chi connectivity index (χ1v) is 8.86. The van der Waals surface area contributed by atoms with Gasteiger partial charge in [0.25, 0.3) is 5.56 Å². The van der Waals surface area contributed by atoms with E-state index in [0.29, 0.717) is 36.0 Å². The minimum Gasteiger partial charge on any atom is -0.383 e. The molecule has 2 heterocycles. The Labute approximate surface area is 158 Å². The lowest BCUT2D eigenvalue weighted by Gasteiger charge is -2.27. The molecule has 26 heavy (non-hydrogen) atoms. The monoisotopic (exact) mass is 382 g/mol. The lowest BCUT2D eigenvalue weighted by Crippen LogP contribution is -2.39. The highest BCUT2D eigenvalue weighted by Gasteiger charge is 2.23. The van der Waals surface area contributed by atoms with Crippen LogP contribution >= 0.6 is 12.4 Å². The van der Waals surface area contributed by atoms with Crippen LogP contribution in [0.5, 0.6) is 0 Å². The van der Waals surface area contributed by atoms with Crippen molar-refractivity contribution in [2.24, 2.45) is 18.7 Å². The molecule has 0 aromatic carbocycles. The highest BCUT2D eigenvalue weighted by Crippen LogP contribution is 2.34. The molecule has 3 rings (SSSR count). The highest BCUT2D eigenvalue weighted by atomic mass is 35.5. The molecule has 8 heteroatoms. The Balaban J connectivity index is 0.00000243. The summed E-state index contributed by atoms with van der Waals surface area (Å²) in [7, 11) is 3.08. The summed E-state index contributed by atoms with van der Waals surface area (Å²) < 4.78 is 7.77. The van der Waals surface area contributed by atoms with E-state index in [1.165, 1.54) is 11.6 Å². The molecule has 2 aromatic rings. The number of methoxy groups -OCH3 is 1. The maximum absolute atomic E-state index is 12.5. The number of ether oxygens (including phenoxy) is 1. The first-order valence-electron chi connectivity index (χ1n) is 8.86. The molecule has 7 nitrogen and oxygen atoms in total. The van der Waals surface area contributed by atoms with E-state index in [1.807, 2.05) is 6.07 Å². The van der Waals surface area contributed by atoms with Gasteiger partial charge in [0.05, 0.1) is 18.5 Å². The Bertz CT molecular complexity index is 869. The summed E-state index contributed by atoms with van der Waals surface area (Å²) in [5, 5.41) is 0.470. The maximum atomic E-state index is 12.5. The van der Waals surface area contributed by atoms with Gasteiger partial charge in [0.15, 0.2) is 0 Å². The molecule has 2 aromatic heterocycles. The fourth-order valence-electron chi connectivity index (χ4n) is 3.68. The number of halogens is 1. The van der Waals surface area contributed by atoms with Gasteiger partial charge in [-0.15, -0.1) is 12.4 Å². The summed E-state index contributed by atoms with van der Waals surface area (Å²) >= 11 is 0. The lowest BCUT2D eigenvalue weighted by molar-refractivity contribution is 0.186. The van der Waals surface area contributed by atoms with Gasteiger partial charge in [-0.2, -0.15) is 0 Å². The normalized spacial score (nSPS) is 20.1. The third kappa shape index (κ3) is 3.84. The van der Waals surface area contributed by atoms with Crippen molar-refractivity contribution in [1.82, 2.24) is 14.1 Å². The summed E-state index contributed by atoms with van der Waals surface area (Å²) in [5.74, 6) is 0.964. The van der Waals surface area contributed by atoms with E-state index in [1.54, 1.807) is 13.2 Å². The summed E-state index contributed by atoms with van der Waals surface area (Å²) in [6, 6.07) is 3.74. The van der Waals surface area contributed by atoms with Crippen LogP contribution in [0.1, 0.15) is 37.3 Å². The number of nitrogens with two attached hydrogens (primary N) is 1. The van der Waals surface area contributed by atoms with E-state index in [4.69, 9.17) is 15.5 Å². The van der Waals surface area contributed by atoms with Crippen LogP contribution in [0.4, 0.5) is 0 Å². The number of fused-ring (bicyclic) bond motifs is 1. The maximum Gasteiger partial charge on any atom is 0.332 e. The van der Waals surface area contributed by atoms with Crippen molar-refractivity contribution in [2.75, 3.05) is 20.3 Å². The second-order valence-electron chi connectivity index (χ2n) is 6.85. The van der Waals surface area contributed by atoms with Crippen LogP contribution in [0.2, 0.25) is 0 Å². The minimum absolute atomic E-state index is 0. The zero-order valence-electron chi connectivity index (χ0n) is 15.3. The molecule has 1 saturated carbocycles. The molecule has 0 radical (unpaired) electrons.